The van der Waals surface area contributed by atoms with Gasteiger partial charge in [-0.1, -0.05) is 41.9 Å². The third-order valence-corrected chi connectivity index (χ3v) is 7.06. The summed E-state index contributed by atoms with van der Waals surface area (Å²) in [5.74, 6) is 0.121. The number of hydrogen-bond donors (Lipinski definition) is 1. The van der Waals surface area contributed by atoms with E-state index in [1.165, 1.54) is 19.2 Å². The first-order chi connectivity index (χ1) is 15.6. The fourth-order valence-electron chi connectivity index (χ4n) is 3.50. The number of hydrogen-bond acceptors (Lipinski definition) is 4. The van der Waals surface area contributed by atoms with Gasteiger partial charge in [0.1, 0.15) is 12.3 Å². The minimum absolute atomic E-state index is 0.0506. The Morgan fingerprint density at radius 2 is 1.58 bits per heavy atom. The number of sulfonamides is 1. The number of ether oxygens (including phenoxy) is 1. The molecule has 0 heterocycles. The summed E-state index contributed by atoms with van der Waals surface area (Å²) in [5.41, 5.74) is 0.836. The molecule has 0 fully saturated rings. The molecule has 0 aliphatic rings. The summed E-state index contributed by atoms with van der Waals surface area (Å²) in [7, 11) is -2.52. The number of carbonyl (C=O) groups excluding carboxylic acids is 1. The predicted octanol–water partition coefficient (Wildman–Crippen LogP) is 4.68. The highest BCUT2D eigenvalue weighted by Gasteiger charge is 2.29. The molecule has 1 amide bonds. The van der Waals surface area contributed by atoms with E-state index in [4.69, 9.17) is 16.3 Å². The molecule has 0 unspecified atom stereocenters. The molecule has 0 atom stereocenters. The fourth-order valence-corrected chi connectivity index (χ4v) is 5.04. The first-order valence-electron chi connectivity index (χ1n) is 10.4. The summed E-state index contributed by atoms with van der Waals surface area (Å²) in [4.78, 5) is 13.1. The third kappa shape index (κ3) is 6.49. The topological polar surface area (TPSA) is 75.7 Å². The van der Waals surface area contributed by atoms with Crippen molar-refractivity contribution in [3.63, 3.8) is 0 Å². The maximum atomic E-state index is 13.5. The number of rotatable bonds is 9. The van der Waals surface area contributed by atoms with Crippen molar-refractivity contribution in [1.29, 1.82) is 0 Å². The minimum Gasteiger partial charge on any atom is -0.497 e. The number of anilines is 1. The quantitative estimate of drug-likeness (QED) is 0.476. The van der Waals surface area contributed by atoms with Crippen LogP contribution in [0.3, 0.4) is 0 Å². The Balaban J connectivity index is 1.86. The molecule has 0 bridgehead atoms. The highest BCUT2D eigenvalue weighted by molar-refractivity contribution is 7.92. The second-order valence-electron chi connectivity index (χ2n) is 8.26. The van der Waals surface area contributed by atoms with Crippen LogP contribution in [0, 0.1) is 0 Å². The van der Waals surface area contributed by atoms with Gasteiger partial charge in [-0.3, -0.25) is 9.10 Å². The molecule has 33 heavy (non-hydrogen) atoms. The van der Waals surface area contributed by atoms with Gasteiger partial charge in [0.2, 0.25) is 5.91 Å². The smallest absolute Gasteiger partial charge is 0.264 e. The second-order valence-corrected chi connectivity index (χ2v) is 10.6. The van der Waals surface area contributed by atoms with Crippen LogP contribution in [0.2, 0.25) is 5.02 Å². The Morgan fingerprint density at radius 3 is 2.15 bits per heavy atom. The van der Waals surface area contributed by atoms with Crippen LogP contribution in [0.1, 0.15) is 19.4 Å². The second kappa shape index (κ2) is 10.3. The van der Waals surface area contributed by atoms with E-state index in [-0.39, 0.29) is 11.4 Å². The average Bonchev–Trinajstić information content (AvgIpc) is 2.78. The summed E-state index contributed by atoms with van der Waals surface area (Å²) < 4.78 is 33.2. The van der Waals surface area contributed by atoms with E-state index >= 15 is 0 Å². The summed E-state index contributed by atoms with van der Waals surface area (Å²) in [5, 5.41) is 3.43. The lowest BCUT2D eigenvalue weighted by Gasteiger charge is -2.29. The van der Waals surface area contributed by atoms with Crippen LogP contribution < -0.4 is 14.4 Å². The van der Waals surface area contributed by atoms with E-state index in [9.17, 15) is 13.2 Å². The zero-order valence-corrected chi connectivity index (χ0v) is 20.4. The molecule has 0 spiro atoms. The maximum Gasteiger partial charge on any atom is 0.264 e. The number of nitrogens with zero attached hydrogens (tertiary/aromatic N) is 1. The molecular formula is C25H27ClN2O4S. The highest BCUT2D eigenvalue weighted by Crippen LogP contribution is 2.26. The van der Waals surface area contributed by atoms with Crippen molar-refractivity contribution in [1.82, 2.24) is 5.32 Å². The van der Waals surface area contributed by atoms with E-state index in [1.807, 2.05) is 44.2 Å². The largest absolute Gasteiger partial charge is 0.497 e. The summed E-state index contributed by atoms with van der Waals surface area (Å²) in [6, 6.07) is 22.2. The van der Waals surface area contributed by atoms with Gasteiger partial charge in [0.05, 0.1) is 17.7 Å². The van der Waals surface area contributed by atoms with Gasteiger partial charge >= 0.3 is 0 Å². The van der Waals surface area contributed by atoms with Crippen LogP contribution in [0.15, 0.2) is 83.8 Å². The summed E-state index contributed by atoms with van der Waals surface area (Å²) in [6.45, 7) is 3.43. The van der Waals surface area contributed by atoms with E-state index in [2.05, 4.69) is 5.32 Å². The number of carbonyl (C=O) groups is 1. The van der Waals surface area contributed by atoms with E-state index < -0.39 is 21.5 Å². The molecule has 8 heteroatoms. The lowest BCUT2D eigenvalue weighted by atomic mass is 9.95. The van der Waals surface area contributed by atoms with Crippen LogP contribution in [0.25, 0.3) is 0 Å². The van der Waals surface area contributed by atoms with E-state index in [1.54, 1.807) is 36.4 Å². The van der Waals surface area contributed by atoms with Gasteiger partial charge in [-0.25, -0.2) is 8.42 Å². The number of benzene rings is 3. The Bertz CT molecular complexity index is 1180. The lowest BCUT2D eigenvalue weighted by Crippen LogP contribution is -2.50. The van der Waals surface area contributed by atoms with E-state index in [0.717, 1.165) is 9.87 Å². The van der Waals surface area contributed by atoms with Crippen molar-refractivity contribution >= 4 is 33.2 Å². The molecular weight excluding hydrogens is 460 g/mol. The monoisotopic (exact) mass is 486 g/mol. The predicted molar refractivity (Wildman–Crippen MR) is 131 cm³/mol. The van der Waals surface area contributed by atoms with Crippen LogP contribution in [0.4, 0.5) is 5.69 Å². The van der Waals surface area contributed by atoms with Crippen LogP contribution in [-0.4, -0.2) is 33.5 Å². The Hall–Kier alpha value is -3.03. The van der Waals surface area contributed by atoms with Gasteiger partial charge in [0.25, 0.3) is 10.0 Å². The average molecular weight is 487 g/mol. The molecule has 3 aromatic rings. The highest BCUT2D eigenvalue weighted by atomic mass is 35.5. The van der Waals surface area contributed by atoms with Gasteiger partial charge < -0.3 is 10.1 Å². The Kier molecular flexibility index (Phi) is 7.66. The number of nitrogens with one attached hydrogen (secondary N) is 1. The molecule has 0 aromatic heterocycles. The normalized spacial score (nSPS) is 11.6. The molecule has 6 nitrogen and oxygen atoms in total. The summed E-state index contributed by atoms with van der Waals surface area (Å²) >= 11 is 5.99. The van der Waals surface area contributed by atoms with E-state index in [0.29, 0.717) is 22.9 Å². The molecule has 0 aliphatic carbocycles. The van der Waals surface area contributed by atoms with Crippen molar-refractivity contribution in [3.8, 4) is 5.75 Å². The van der Waals surface area contributed by atoms with Crippen molar-refractivity contribution in [2.45, 2.75) is 30.7 Å². The van der Waals surface area contributed by atoms with Crippen LogP contribution >= 0.6 is 11.6 Å². The SMILES string of the molecule is COc1ccc(S(=O)(=O)N(CC(=O)NC(C)(C)Cc2ccccc2)c2ccc(Cl)cc2)cc1. The van der Waals surface area contributed by atoms with Gasteiger partial charge in [0, 0.05) is 10.6 Å². The zero-order valence-electron chi connectivity index (χ0n) is 18.8. The third-order valence-electron chi connectivity index (χ3n) is 5.02. The molecule has 1 N–H and O–H groups in total. The molecule has 0 radical (unpaired) electrons. The molecule has 0 saturated carbocycles. The van der Waals surface area contributed by atoms with Crippen LogP contribution in [-0.2, 0) is 21.2 Å². The summed E-state index contributed by atoms with van der Waals surface area (Å²) in [6.07, 6.45) is 0.603. The molecule has 174 valence electrons. The number of halogens is 1. The molecule has 3 aromatic carbocycles. The van der Waals surface area contributed by atoms with Crippen LogP contribution in [0.5, 0.6) is 5.75 Å². The minimum atomic E-state index is -4.03. The maximum absolute atomic E-state index is 13.5. The molecule has 3 rings (SSSR count). The van der Waals surface area contributed by atoms with Crippen molar-refractivity contribution in [2.24, 2.45) is 0 Å². The number of methoxy groups -OCH3 is 1. The van der Waals surface area contributed by atoms with Crippen molar-refractivity contribution in [2.75, 3.05) is 18.0 Å². The van der Waals surface area contributed by atoms with Gasteiger partial charge in [-0.05, 0) is 74.4 Å². The first-order valence-corrected chi connectivity index (χ1v) is 12.2. The zero-order chi connectivity index (χ0) is 24.1. The van der Waals surface area contributed by atoms with Crippen molar-refractivity contribution < 1.29 is 17.9 Å². The van der Waals surface area contributed by atoms with Gasteiger partial charge in [0.15, 0.2) is 0 Å². The Morgan fingerprint density at radius 1 is 0.970 bits per heavy atom. The lowest BCUT2D eigenvalue weighted by molar-refractivity contribution is -0.121. The first kappa shape index (κ1) is 24.6. The fraction of sp³-hybridized carbons (Fsp3) is 0.240. The Labute approximate surface area is 200 Å². The molecule has 0 saturated heterocycles. The van der Waals surface area contributed by atoms with Gasteiger partial charge in [-0.15, -0.1) is 0 Å². The molecule has 0 aliphatic heterocycles. The number of amides is 1. The van der Waals surface area contributed by atoms with Gasteiger partial charge in [-0.2, -0.15) is 0 Å². The van der Waals surface area contributed by atoms with Crippen molar-refractivity contribution in [3.05, 3.63) is 89.4 Å². The standard InChI is InChI=1S/C25H27ClN2O4S/c1-25(2,17-19-7-5-4-6-8-19)27-24(29)18-28(21-11-9-20(26)10-12-21)33(30,31)23-15-13-22(32-3)14-16-23/h4-16H,17-18H2,1-3H3,(H,27,29).